The summed E-state index contributed by atoms with van der Waals surface area (Å²) in [5.41, 5.74) is 0. The molecule has 152 valence electrons. The van der Waals surface area contributed by atoms with Crippen LogP contribution in [-0.2, 0) is 14.8 Å². The zero-order valence-electron chi connectivity index (χ0n) is 16.0. The van der Waals surface area contributed by atoms with Crippen molar-refractivity contribution in [1.29, 1.82) is 0 Å². The molecule has 1 N–H and O–H groups in total. The van der Waals surface area contributed by atoms with Gasteiger partial charge in [-0.05, 0) is 50.7 Å². The number of nitrogens with one attached hydrogen (secondary N) is 1. The van der Waals surface area contributed by atoms with Gasteiger partial charge in [-0.15, -0.1) is 11.3 Å². The van der Waals surface area contributed by atoms with Crippen molar-refractivity contribution < 1.29 is 13.2 Å². The van der Waals surface area contributed by atoms with E-state index in [-0.39, 0.29) is 5.91 Å². The molecule has 0 bridgehead atoms. The third kappa shape index (κ3) is 5.29. The average molecular weight is 415 g/mol. The van der Waals surface area contributed by atoms with Crippen LogP contribution in [-0.4, -0.2) is 87.3 Å². The summed E-state index contributed by atoms with van der Waals surface area (Å²) in [5, 5.41) is 4.70. The molecule has 7 nitrogen and oxygen atoms in total. The van der Waals surface area contributed by atoms with Crippen molar-refractivity contribution in [1.82, 2.24) is 19.4 Å². The fraction of sp³-hybridized carbons (Fsp3) is 0.722. The Balaban J connectivity index is 1.41. The Bertz CT molecular complexity index is 700. The Kier molecular flexibility index (Phi) is 7.27. The van der Waals surface area contributed by atoms with Gasteiger partial charge >= 0.3 is 0 Å². The summed E-state index contributed by atoms with van der Waals surface area (Å²) in [6.45, 7) is 6.55. The first-order chi connectivity index (χ1) is 13.0. The maximum atomic E-state index is 12.7. The summed E-state index contributed by atoms with van der Waals surface area (Å²) in [6.07, 6.45) is 3.29. The number of amides is 1. The van der Waals surface area contributed by atoms with Crippen molar-refractivity contribution in [2.24, 2.45) is 0 Å². The van der Waals surface area contributed by atoms with Crippen molar-refractivity contribution in [2.75, 3.05) is 52.9 Å². The summed E-state index contributed by atoms with van der Waals surface area (Å²) in [5.74, 6) is -0.160. The van der Waals surface area contributed by atoms with E-state index in [9.17, 15) is 13.2 Å². The molecular weight excluding hydrogens is 384 g/mol. The summed E-state index contributed by atoms with van der Waals surface area (Å²) in [7, 11) is -1.41. The van der Waals surface area contributed by atoms with Gasteiger partial charge in [-0.2, -0.15) is 4.31 Å². The summed E-state index contributed by atoms with van der Waals surface area (Å²) >= 11 is 1.20. The van der Waals surface area contributed by atoms with E-state index in [2.05, 4.69) is 22.2 Å². The van der Waals surface area contributed by atoms with Crippen LogP contribution in [0.15, 0.2) is 21.7 Å². The predicted molar refractivity (Wildman–Crippen MR) is 107 cm³/mol. The molecule has 0 aliphatic carbocycles. The first-order valence-corrected chi connectivity index (χ1v) is 12.0. The standard InChI is InChI=1S/C18H30N4O3S2/c1-20-11-13-21(14-12-20)9-3-2-8-19-18(23)16-6-4-10-22(16)27(24,25)17-7-5-15-26-17/h5,7,15-16H,2-4,6,8-14H2,1H3,(H,19,23). The largest absolute Gasteiger partial charge is 0.355 e. The van der Waals surface area contributed by atoms with Crippen LogP contribution in [0.5, 0.6) is 0 Å². The van der Waals surface area contributed by atoms with Gasteiger partial charge in [-0.25, -0.2) is 8.42 Å². The molecule has 0 aromatic carbocycles. The molecule has 0 radical (unpaired) electrons. The molecule has 27 heavy (non-hydrogen) atoms. The highest BCUT2D eigenvalue weighted by Gasteiger charge is 2.39. The lowest BCUT2D eigenvalue weighted by Crippen LogP contribution is -2.46. The fourth-order valence-corrected chi connectivity index (χ4v) is 6.45. The maximum absolute atomic E-state index is 12.7. The van der Waals surface area contributed by atoms with E-state index >= 15 is 0 Å². The number of hydrogen-bond acceptors (Lipinski definition) is 6. The van der Waals surface area contributed by atoms with Gasteiger partial charge in [-0.3, -0.25) is 4.79 Å². The maximum Gasteiger partial charge on any atom is 0.253 e. The van der Waals surface area contributed by atoms with E-state index in [1.165, 1.54) is 15.6 Å². The van der Waals surface area contributed by atoms with Gasteiger partial charge in [-0.1, -0.05) is 6.07 Å². The minimum atomic E-state index is -3.56. The highest BCUT2D eigenvalue weighted by atomic mass is 32.2. The van der Waals surface area contributed by atoms with E-state index in [4.69, 9.17) is 0 Å². The second kappa shape index (κ2) is 9.47. The molecule has 2 saturated heterocycles. The first kappa shape index (κ1) is 20.7. The Labute approximate surface area is 166 Å². The second-order valence-corrected chi connectivity index (χ2v) is 10.4. The molecule has 3 rings (SSSR count). The van der Waals surface area contributed by atoms with Gasteiger partial charge in [0.05, 0.1) is 0 Å². The second-order valence-electron chi connectivity index (χ2n) is 7.35. The first-order valence-electron chi connectivity index (χ1n) is 9.72. The Hall–Kier alpha value is -1.00. The van der Waals surface area contributed by atoms with Gasteiger partial charge in [0.1, 0.15) is 10.3 Å². The molecule has 1 aromatic rings. The lowest BCUT2D eigenvalue weighted by atomic mass is 10.2. The van der Waals surface area contributed by atoms with Crippen LogP contribution in [0.4, 0.5) is 0 Å². The van der Waals surface area contributed by atoms with Gasteiger partial charge in [0, 0.05) is 39.3 Å². The van der Waals surface area contributed by atoms with Crippen molar-refractivity contribution >= 4 is 27.3 Å². The van der Waals surface area contributed by atoms with Crippen LogP contribution in [0.25, 0.3) is 0 Å². The molecule has 1 unspecified atom stereocenters. The quantitative estimate of drug-likeness (QED) is 0.644. The number of piperazine rings is 1. The third-order valence-electron chi connectivity index (χ3n) is 5.36. The van der Waals surface area contributed by atoms with E-state index in [1.54, 1.807) is 17.5 Å². The lowest BCUT2D eigenvalue weighted by Gasteiger charge is -2.32. The Morgan fingerprint density at radius 3 is 2.70 bits per heavy atom. The van der Waals surface area contributed by atoms with Crippen LogP contribution in [0.1, 0.15) is 25.7 Å². The topological polar surface area (TPSA) is 73.0 Å². The number of sulfonamides is 1. The molecule has 0 spiro atoms. The molecule has 1 atom stereocenters. The minimum absolute atomic E-state index is 0.160. The van der Waals surface area contributed by atoms with Crippen molar-refractivity contribution in [2.45, 2.75) is 35.9 Å². The summed E-state index contributed by atoms with van der Waals surface area (Å²) < 4.78 is 27.2. The Morgan fingerprint density at radius 2 is 2.00 bits per heavy atom. The molecular formula is C18H30N4O3S2. The normalized spacial score (nSPS) is 22.9. The van der Waals surface area contributed by atoms with Crippen molar-refractivity contribution in [3.8, 4) is 0 Å². The monoisotopic (exact) mass is 414 g/mol. The number of thiophene rings is 1. The van der Waals surface area contributed by atoms with Gasteiger partial charge < -0.3 is 15.1 Å². The molecule has 2 aliphatic rings. The smallest absolute Gasteiger partial charge is 0.253 e. The molecule has 1 aromatic heterocycles. The number of carbonyl (C=O) groups excluding carboxylic acids is 1. The predicted octanol–water partition coefficient (Wildman–Crippen LogP) is 1.04. The zero-order valence-corrected chi connectivity index (χ0v) is 17.6. The van der Waals surface area contributed by atoms with Gasteiger partial charge in [0.2, 0.25) is 5.91 Å². The highest BCUT2D eigenvalue weighted by Crippen LogP contribution is 2.28. The van der Waals surface area contributed by atoms with E-state index < -0.39 is 16.1 Å². The van der Waals surface area contributed by atoms with E-state index in [1.807, 2.05) is 0 Å². The van der Waals surface area contributed by atoms with E-state index in [0.717, 1.165) is 52.0 Å². The molecule has 1 amide bonds. The van der Waals surface area contributed by atoms with Crippen LogP contribution >= 0.6 is 11.3 Å². The minimum Gasteiger partial charge on any atom is -0.355 e. The average Bonchev–Trinajstić information content (AvgIpc) is 3.35. The SMILES string of the molecule is CN1CCN(CCCCNC(=O)C2CCCN2S(=O)(=O)c2cccs2)CC1. The highest BCUT2D eigenvalue weighted by molar-refractivity contribution is 7.91. The zero-order chi connectivity index (χ0) is 19.3. The van der Waals surface area contributed by atoms with Crippen LogP contribution in [0, 0.1) is 0 Å². The number of nitrogens with zero attached hydrogens (tertiary/aromatic N) is 3. The summed E-state index contributed by atoms with van der Waals surface area (Å²) in [4.78, 5) is 17.4. The number of unbranched alkanes of at least 4 members (excludes halogenated alkanes) is 1. The van der Waals surface area contributed by atoms with Crippen LogP contribution < -0.4 is 5.32 Å². The van der Waals surface area contributed by atoms with Gasteiger partial charge in [0.15, 0.2) is 0 Å². The Morgan fingerprint density at radius 1 is 1.22 bits per heavy atom. The van der Waals surface area contributed by atoms with Crippen LogP contribution in [0.2, 0.25) is 0 Å². The van der Waals surface area contributed by atoms with E-state index in [0.29, 0.717) is 23.7 Å². The molecule has 2 aliphatic heterocycles. The fourth-order valence-electron chi connectivity index (χ4n) is 3.68. The number of likely N-dealkylation sites (N-methyl/N-ethyl adjacent to an activating group) is 1. The van der Waals surface area contributed by atoms with Crippen LogP contribution in [0.3, 0.4) is 0 Å². The molecule has 0 saturated carbocycles. The summed E-state index contributed by atoms with van der Waals surface area (Å²) in [6, 6.07) is 2.75. The van der Waals surface area contributed by atoms with Gasteiger partial charge in [0.25, 0.3) is 10.0 Å². The molecule has 2 fully saturated rings. The van der Waals surface area contributed by atoms with Crippen molar-refractivity contribution in [3.05, 3.63) is 17.5 Å². The number of rotatable bonds is 8. The lowest BCUT2D eigenvalue weighted by molar-refractivity contribution is -0.124. The molecule has 3 heterocycles. The third-order valence-corrected chi connectivity index (χ3v) is 8.64. The molecule has 9 heteroatoms. The number of carbonyl (C=O) groups is 1. The van der Waals surface area contributed by atoms with Crippen molar-refractivity contribution in [3.63, 3.8) is 0 Å². The number of hydrogen-bond donors (Lipinski definition) is 1.